The molecule has 0 radical (unpaired) electrons. The summed E-state index contributed by atoms with van der Waals surface area (Å²) < 4.78 is 0. The van der Waals surface area contributed by atoms with Gasteiger partial charge in [-0.15, -0.1) is 0 Å². The maximum Gasteiger partial charge on any atom is 0.330 e. The Morgan fingerprint density at radius 1 is 1.00 bits per heavy atom. The van der Waals surface area contributed by atoms with Crippen LogP contribution in [0.2, 0.25) is 0 Å². The van der Waals surface area contributed by atoms with Crippen LogP contribution in [0.5, 0.6) is 0 Å². The molecule has 5 nitrogen and oxygen atoms in total. The predicted molar refractivity (Wildman–Crippen MR) is 112 cm³/mol. The molecule has 2 aliphatic rings. The lowest BCUT2D eigenvalue weighted by atomic mass is 9.81. The van der Waals surface area contributed by atoms with E-state index in [1.807, 2.05) is 55.5 Å². The number of aryl methyl sites for hydroxylation is 2. The van der Waals surface area contributed by atoms with Crippen molar-refractivity contribution >= 4 is 11.9 Å². The highest BCUT2D eigenvalue weighted by Crippen LogP contribution is 2.36. The third-order valence-corrected chi connectivity index (χ3v) is 6.62. The Bertz CT molecular complexity index is 919. The van der Waals surface area contributed by atoms with Gasteiger partial charge >= 0.3 is 6.03 Å². The van der Waals surface area contributed by atoms with Crippen LogP contribution in [0.15, 0.2) is 48.5 Å². The van der Waals surface area contributed by atoms with Gasteiger partial charge in [0.15, 0.2) is 12.2 Å². The third-order valence-electron chi connectivity index (χ3n) is 6.62. The number of likely N-dealkylation sites (tertiary alicyclic amines) is 1. The van der Waals surface area contributed by atoms with E-state index in [1.165, 1.54) is 9.80 Å². The van der Waals surface area contributed by atoms with Crippen LogP contribution in [0, 0.1) is 19.8 Å². The Kier molecular flexibility index (Phi) is 5.17. The van der Waals surface area contributed by atoms with Crippen LogP contribution in [-0.4, -0.2) is 36.6 Å². The SMILES string of the molecule is Cc1ccc([C@@]2(c3ccccc3)NC(=O)N(C[NH+]3CCC(C)CC3)C2=O)cc1C. The summed E-state index contributed by atoms with van der Waals surface area (Å²) in [6.07, 6.45) is 2.28. The van der Waals surface area contributed by atoms with Gasteiger partial charge in [-0.1, -0.05) is 55.5 Å². The Balaban J connectivity index is 1.73. The number of nitrogens with zero attached hydrogens (tertiary/aromatic N) is 1. The highest BCUT2D eigenvalue weighted by molar-refractivity contribution is 6.09. The molecule has 3 amide bonds. The van der Waals surface area contributed by atoms with Crippen molar-refractivity contribution in [1.82, 2.24) is 10.2 Å². The molecule has 1 atom stereocenters. The fourth-order valence-corrected chi connectivity index (χ4v) is 4.49. The highest BCUT2D eigenvalue weighted by atomic mass is 16.2. The fraction of sp³-hybridized carbons (Fsp3) is 0.417. The Morgan fingerprint density at radius 3 is 2.34 bits per heavy atom. The Morgan fingerprint density at radius 2 is 1.69 bits per heavy atom. The van der Waals surface area contributed by atoms with E-state index >= 15 is 0 Å². The molecule has 0 aliphatic carbocycles. The van der Waals surface area contributed by atoms with E-state index in [9.17, 15) is 9.59 Å². The molecule has 0 bridgehead atoms. The van der Waals surface area contributed by atoms with Gasteiger partial charge in [0.1, 0.15) is 0 Å². The summed E-state index contributed by atoms with van der Waals surface area (Å²) in [6, 6.07) is 15.3. The number of urea groups is 1. The molecule has 2 fully saturated rings. The van der Waals surface area contributed by atoms with Crippen molar-refractivity contribution in [3.05, 3.63) is 70.8 Å². The van der Waals surface area contributed by atoms with E-state index in [2.05, 4.69) is 19.2 Å². The summed E-state index contributed by atoms with van der Waals surface area (Å²) in [7, 11) is 0. The number of nitrogens with one attached hydrogen (secondary N) is 2. The molecule has 29 heavy (non-hydrogen) atoms. The molecule has 2 N–H and O–H groups in total. The molecule has 2 aromatic carbocycles. The molecule has 2 aliphatic heterocycles. The molecule has 2 heterocycles. The smallest absolute Gasteiger partial charge is 0.317 e. The minimum atomic E-state index is -1.17. The lowest BCUT2D eigenvalue weighted by Crippen LogP contribution is -3.14. The molecule has 0 aromatic heterocycles. The van der Waals surface area contributed by atoms with Gasteiger partial charge in [0.05, 0.1) is 13.1 Å². The predicted octanol–water partition coefficient (Wildman–Crippen LogP) is 2.37. The van der Waals surface area contributed by atoms with E-state index in [0.29, 0.717) is 6.67 Å². The number of carbonyl (C=O) groups excluding carboxylic acids is 2. The lowest BCUT2D eigenvalue weighted by Gasteiger charge is -2.31. The van der Waals surface area contributed by atoms with Crippen molar-refractivity contribution in [3.8, 4) is 0 Å². The number of rotatable bonds is 4. The molecule has 0 saturated carbocycles. The van der Waals surface area contributed by atoms with Crippen LogP contribution in [0.1, 0.15) is 42.0 Å². The number of imide groups is 1. The number of hydrogen-bond acceptors (Lipinski definition) is 2. The molecule has 5 heteroatoms. The summed E-state index contributed by atoms with van der Waals surface area (Å²) in [5, 5.41) is 3.07. The number of carbonyl (C=O) groups is 2. The molecular weight excluding hydrogens is 362 g/mol. The van der Waals surface area contributed by atoms with Crippen molar-refractivity contribution in [3.63, 3.8) is 0 Å². The van der Waals surface area contributed by atoms with Crippen molar-refractivity contribution < 1.29 is 14.5 Å². The van der Waals surface area contributed by atoms with E-state index < -0.39 is 5.54 Å². The third kappa shape index (κ3) is 3.44. The molecular formula is C24H30N3O2+. The molecule has 2 aromatic rings. The van der Waals surface area contributed by atoms with Gasteiger partial charge in [-0.25, -0.2) is 9.69 Å². The monoisotopic (exact) mass is 392 g/mol. The fourth-order valence-electron chi connectivity index (χ4n) is 4.49. The van der Waals surface area contributed by atoms with E-state index in [0.717, 1.165) is 54.1 Å². The Hall–Kier alpha value is -2.66. The first-order valence-corrected chi connectivity index (χ1v) is 10.5. The van der Waals surface area contributed by atoms with Gasteiger partial charge in [0.25, 0.3) is 5.91 Å². The normalized spacial score (nSPS) is 27.2. The van der Waals surface area contributed by atoms with Gasteiger partial charge in [0, 0.05) is 0 Å². The minimum absolute atomic E-state index is 0.178. The maximum absolute atomic E-state index is 13.8. The van der Waals surface area contributed by atoms with Gasteiger partial charge < -0.3 is 10.2 Å². The Labute approximate surface area is 172 Å². The zero-order chi connectivity index (χ0) is 20.6. The van der Waals surface area contributed by atoms with E-state index in [-0.39, 0.29) is 11.9 Å². The van der Waals surface area contributed by atoms with Gasteiger partial charge in [0.2, 0.25) is 0 Å². The maximum atomic E-state index is 13.8. The van der Waals surface area contributed by atoms with Crippen molar-refractivity contribution in [1.29, 1.82) is 0 Å². The summed E-state index contributed by atoms with van der Waals surface area (Å²) in [6.45, 7) is 8.79. The van der Waals surface area contributed by atoms with Gasteiger partial charge in [-0.2, -0.15) is 0 Å². The lowest BCUT2D eigenvalue weighted by molar-refractivity contribution is -0.913. The molecule has 4 rings (SSSR count). The van der Waals surface area contributed by atoms with Crippen molar-refractivity contribution in [2.75, 3.05) is 19.8 Å². The summed E-state index contributed by atoms with van der Waals surface area (Å²) in [5.41, 5.74) is 2.71. The summed E-state index contributed by atoms with van der Waals surface area (Å²) in [4.78, 5) is 29.5. The molecule has 2 saturated heterocycles. The topological polar surface area (TPSA) is 53.9 Å². The van der Waals surface area contributed by atoms with Gasteiger partial charge in [-0.05, 0) is 54.9 Å². The average molecular weight is 393 g/mol. The number of piperidine rings is 1. The summed E-state index contributed by atoms with van der Waals surface area (Å²) >= 11 is 0. The number of quaternary nitrogens is 1. The zero-order valence-corrected chi connectivity index (χ0v) is 17.5. The number of hydrogen-bond donors (Lipinski definition) is 2. The van der Waals surface area contributed by atoms with Crippen LogP contribution in [0.4, 0.5) is 4.79 Å². The summed E-state index contributed by atoms with van der Waals surface area (Å²) in [5.74, 6) is 0.545. The average Bonchev–Trinajstić information content (AvgIpc) is 2.98. The molecule has 0 unspecified atom stereocenters. The van der Waals surface area contributed by atoms with E-state index in [4.69, 9.17) is 0 Å². The van der Waals surface area contributed by atoms with Crippen LogP contribution in [-0.2, 0) is 10.3 Å². The second-order valence-corrected chi connectivity index (χ2v) is 8.67. The van der Waals surface area contributed by atoms with Crippen LogP contribution in [0.25, 0.3) is 0 Å². The van der Waals surface area contributed by atoms with Crippen molar-refractivity contribution in [2.45, 2.75) is 39.2 Å². The number of benzene rings is 2. The van der Waals surface area contributed by atoms with Crippen LogP contribution >= 0.6 is 0 Å². The van der Waals surface area contributed by atoms with Crippen LogP contribution < -0.4 is 10.2 Å². The largest absolute Gasteiger partial charge is 0.330 e. The highest BCUT2D eigenvalue weighted by Gasteiger charge is 2.54. The molecule has 0 spiro atoms. The second-order valence-electron chi connectivity index (χ2n) is 8.67. The quantitative estimate of drug-likeness (QED) is 0.785. The van der Waals surface area contributed by atoms with Crippen molar-refractivity contribution in [2.24, 2.45) is 5.92 Å². The second kappa shape index (κ2) is 7.64. The van der Waals surface area contributed by atoms with Crippen LogP contribution in [0.3, 0.4) is 0 Å². The standard InChI is InChI=1S/C24H29N3O2/c1-17-11-13-26(14-12-17)16-27-22(28)24(25-23(27)29,20-7-5-4-6-8-20)21-10-9-18(2)19(3)15-21/h4-10,15,17H,11-14,16H2,1-3H3,(H,25,29)/p+1/t24-/m1/s1. The zero-order valence-electron chi connectivity index (χ0n) is 17.5. The molecule has 152 valence electrons. The van der Waals surface area contributed by atoms with E-state index in [1.54, 1.807) is 0 Å². The first kappa shape index (κ1) is 19.6. The first-order valence-electron chi connectivity index (χ1n) is 10.5. The minimum Gasteiger partial charge on any atom is -0.317 e. The number of amides is 3. The van der Waals surface area contributed by atoms with Gasteiger partial charge in [-0.3, -0.25) is 4.79 Å². The first-order chi connectivity index (χ1) is 13.9.